The zero-order valence-electron chi connectivity index (χ0n) is 15.2. The van der Waals surface area contributed by atoms with E-state index >= 15 is 0 Å². The predicted octanol–water partition coefficient (Wildman–Crippen LogP) is 3.51. The van der Waals surface area contributed by atoms with Crippen LogP contribution in [0.5, 0.6) is 0 Å². The standard InChI is InChI=1S/C18H20N2O6S/c1-9-10(2)15(12(4)16(11(9)3)27(24,25)26)20-18(23)19-14-8-6-5-7-13(14)17(21)22/h5-8H,1-4H3,(H,21,22)(H2,19,20,23)(H,24,25,26). The predicted molar refractivity (Wildman–Crippen MR) is 101 cm³/mol. The van der Waals surface area contributed by atoms with E-state index in [0.29, 0.717) is 16.7 Å². The highest BCUT2D eigenvalue weighted by Gasteiger charge is 2.24. The van der Waals surface area contributed by atoms with Gasteiger partial charge in [0.15, 0.2) is 0 Å². The van der Waals surface area contributed by atoms with Crippen molar-refractivity contribution in [3.63, 3.8) is 0 Å². The zero-order chi connectivity index (χ0) is 20.5. The van der Waals surface area contributed by atoms with Gasteiger partial charge in [-0.05, 0) is 62.1 Å². The number of carboxylic acid groups (broad SMARTS) is 1. The third-order valence-electron chi connectivity index (χ3n) is 4.46. The molecule has 0 aliphatic rings. The van der Waals surface area contributed by atoms with E-state index in [1.165, 1.54) is 25.1 Å². The van der Waals surface area contributed by atoms with Gasteiger partial charge in [0.1, 0.15) is 4.90 Å². The number of nitrogens with one attached hydrogen (secondary N) is 2. The molecule has 0 spiro atoms. The van der Waals surface area contributed by atoms with Gasteiger partial charge in [-0.3, -0.25) is 4.55 Å². The van der Waals surface area contributed by atoms with Crippen LogP contribution >= 0.6 is 0 Å². The average Bonchev–Trinajstić information content (AvgIpc) is 2.56. The maximum absolute atomic E-state index is 12.4. The molecule has 2 amide bonds. The number of para-hydroxylation sites is 1. The van der Waals surface area contributed by atoms with Crippen LogP contribution in [0.15, 0.2) is 29.2 Å². The molecule has 0 aliphatic heterocycles. The molecule has 27 heavy (non-hydrogen) atoms. The molecule has 0 saturated heterocycles. The van der Waals surface area contributed by atoms with E-state index in [9.17, 15) is 27.7 Å². The lowest BCUT2D eigenvalue weighted by Gasteiger charge is -2.20. The maximum Gasteiger partial charge on any atom is 0.337 e. The van der Waals surface area contributed by atoms with Crippen LogP contribution in [0.2, 0.25) is 0 Å². The molecular formula is C18H20N2O6S. The smallest absolute Gasteiger partial charge is 0.337 e. The maximum atomic E-state index is 12.4. The van der Waals surface area contributed by atoms with E-state index in [4.69, 9.17) is 0 Å². The number of rotatable bonds is 4. The summed E-state index contributed by atoms with van der Waals surface area (Å²) in [6.45, 7) is 6.44. The normalized spacial score (nSPS) is 11.1. The van der Waals surface area contributed by atoms with Gasteiger partial charge in [-0.25, -0.2) is 9.59 Å². The highest BCUT2D eigenvalue weighted by atomic mass is 32.2. The van der Waals surface area contributed by atoms with Gasteiger partial charge in [-0.15, -0.1) is 0 Å². The third-order valence-corrected chi connectivity index (χ3v) is 5.59. The molecule has 8 nitrogen and oxygen atoms in total. The van der Waals surface area contributed by atoms with Gasteiger partial charge in [-0.2, -0.15) is 8.42 Å². The first-order valence-corrected chi connectivity index (χ1v) is 9.37. The first-order valence-electron chi connectivity index (χ1n) is 7.93. The second-order valence-corrected chi connectivity index (χ2v) is 7.47. The molecule has 144 valence electrons. The SMILES string of the molecule is Cc1c(C)c(NC(=O)Nc2ccccc2C(=O)O)c(C)c(S(=O)(=O)O)c1C. The quantitative estimate of drug-likeness (QED) is 0.589. The molecule has 4 N–H and O–H groups in total. The molecule has 2 aromatic rings. The Labute approximate surface area is 157 Å². The molecule has 0 saturated carbocycles. The Morgan fingerprint density at radius 1 is 0.889 bits per heavy atom. The van der Waals surface area contributed by atoms with Crippen LogP contribution in [0.1, 0.15) is 32.6 Å². The molecule has 0 atom stereocenters. The lowest BCUT2D eigenvalue weighted by atomic mass is 9.98. The van der Waals surface area contributed by atoms with Crippen LogP contribution in [-0.4, -0.2) is 30.1 Å². The van der Waals surface area contributed by atoms with Gasteiger partial charge in [0, 0.05) is 5.69 Å². The Bertz CT molecular complexity index is 1040. The molecule has 0 aliphatic carbocycles. The first kappa shape index (κ1) is 20.4. The summed E-state index contributed by atoms with van der Waals surface area (Å²) in [5, 5.41) is 14.2. The van der Waals surface area contributed by atoms with Gasteiger partial charge < -0.3 is 15.7 Å². The number of benzene rings is 2. The summed E-state index contributed by atoms with van der Waals surface area (Å²) in [6.07, 6.45) is 0. The zero-order valence-corrected chi connectivity index (χ0v) is 16.1. The van der Waals surface area contributed by atoms with Crippen LogP contribution in [0.4, 0.5) is 16.2 Å². The van der Waals surface area contributed by atoms with E-state index in [0.717, 1.165) is 0 Å². The number of amides is 2. The van der Waals surface area contributed by atoms with Gasteiger partial charge >= 0.3 is 12.0 Å². The summed E-state index contributed by atoms with van der Waals surface area (Å²) in [7, 11) is -4.49. The van der Waals surface area contributed by atoms with Crippen molar-refractivity contribution in [3.05, 3.63) is 52.1 Å². The largest absolute Gasteiger partial charge is 0.478 e. The Morgan fingerprint density at radius 2 is 1.48 bits per heavy atom. The van der Waals surface area contributed by atoms with Gasteiger partial charge in [0.25, 0.3) is 10.1 Å². The van der Waals surface area contributed by atoms with Crippen molar-refractivity contribution in [2.24, 2.45) is 0 Å². The summed E-state index contributed by atoms with van der Waals surface area (Å²) < 4.78 is 33.0. The number of aromatic carboxylic acids is 1. The number of hydrogen-bond donors (Lipinski definition) is 4. The minimum atomic E-state index is -4.49. The van der Waals surface area contributed by atoms with E-state index < -0.39 is 22.1 Å². The summed E-state index contributed by atoms with van der Waals surface area (Å²) in [5.74, 6) is -1.20. The van der Waals surface area contributed by atoms with Crippen molar-refractivity contribution in [1.82, 2.24) is 0 Å². The highest BCUT2D eigenvalue weighted by Crippen LogP contribution is 2.33. The number of urea groups is 1. The fourth-order valence-corrected chi connectivity index (χ4v) is 3.96. The molecule has 2 rings (SSSR count). The molecule has 0 bridgehead atoms. The summed E-state index contributed by atoms with van der Waals surface area (Å²) in [5.41, 5.74) is 2.08. The summed E-state index contributed by atoms with van der Waals surface area (Å²) >= 11 is 0. The van der Waals surface area contributed by atoms with E-state index in [-0.39, 0.29) is 27.4 Å². The lowest BCUT2D eigenvalue weighted by molar-refractivity contribution is 0.0698. The number of hydrogen-bond acceptors (Lipinski definition) is 4. The van der Waals surface area contributed by atoms with Crippen molar-refractivity contribution >= 4 is 33.5 Å². The summed E-state index contributed by atoms with van der Waals surface area (Å²) in [4.78, 5) is 23.4. The molecule has 0 radical (unpaired) electrons. The Hall–Kier alpha value is -2.91. The summed E-state index contributed by atoms with van der Waals surface area (Å²) in [6, 6.07) is 5.15. The Balaban J connectivity index is 2.45. The van der Waals surface area contributed by atoms with Crippen LogP contribution in [0, 0.1) is 27.7 Å². The number of anilines is 2. The number of carbonyl (C=O) groups is 2. The third kappa shape index (κ3) is 4.09. The molecule has 9 heteroatoms. The van der Waals surface area contributed by atoms with E-state index in [1.54, 1.807) is 26.8 Å². The molecular weight excluding hydrogens is 372 g/mol. The molecule has 0 heterocycles. The van der Waals surface area contributed by atoms with Crippen molar-refractivity contribution in [2.75, 3.05) is 10.6 Å². The van der Waals surface area contributed by atoms with Crippen molar-refractivity contribution in [1.29, 1.82) is 0 Å². The fourth-order valence-electron chi connectivity index (χ4n) is 2.94. The van der Waals surface area contributed by atoms with Gasteiger partial charge in [0.2, 0.25) is 0 Å². The van der Waals surface area contributed by atoms with Crippen molar-refractivity contribution in [3.8, 4) is 0 Å². The molecule has 0 fully saturated rings. The minimum Gasteiger partial charge on any atom is -0.478 e. The van der Waals surface area contributed by atoms with Crippen LogP contribution in [0.3, 0.4) is 0 Å². The Kier molecular flexibility index (Phi) is 5.57. The highest BCUT2D eigenvalue weighted by molar-refractivity contribution is 7.86. The molecule has 0 unspecified atom stereocenters. The van der Waals surface area contributed by atoms with Crippen LogP contribution < -0.4 is 10.6 Å². The van der Waals surface area contributed by atoms with E-state index in [2.05, 4.69) is 10.6 Å². The fraction of sp³-hybridized carbons (Fsp3) is 0.222. The van der Waals surface area contributed by atoms with Crippen LogP contribution in [0.25, 0.3) is 0 Å². The van der Waals surface area contributed by atoms with Crippen LogP contribution in [-0.2, 0) is 10.1 Å². The topological polar surface area (TPSA) is 133 Å². The lowest BCUT2D eigenvalue weighted by Crippen LogP contribution is -2.23. The first-order chi connectivity index (χ1) is 12.4. The number of carboxylic acids is 1. The van der Waals surface area contributed by atoms with Gasteiger partial charge in [-0.1, -0.05) is 12.1 Å². The second-order valence-electron chi connectivity index (χ2n) is 6.11. The Morgan fingerprint density at radius 3 is 2.04 bits per heavy atom. The monoisotopic (exact) mass is 392 g/mol. The molecule has 2 aromatic carbocycles. The molecule has 0 aromatic heterocycles. The minimum absolute atomic E-state index is 0.0835. The van der Waals surface area contributed by atoms with Crippen molar-refractivity contribution < 1.29 is 27.7 Å². The second kappa shape index (κ2) is 7.37. The number of carbonyl (C=O) groups excluding carboxylic acids is 1. The van der Waals surface area contributed by atoms with Gasteiger partial charge in [0.05, 0.1) is 11.3 Å². The van der Waals surface area contributed by atoms with Crippen molar-refractivity contribution in [2.45, 2.75) is 32.6 Å². The van der Waals surface area contributed by atoms with E-state index in [1.807, 2.05) is 0 Å². The average molecular weight is 392 g/mol.